The van der Waals surface area contributed by atoms with Crippen molar-refractivity contribution in [1.82, 2.24) is 0 Å². The minimum Gasteiger partial charge on any atom is -0.454 e. The molecule has 0 radical (unpaired) electrons. The van der Waals surface area contributed by atoms with Gasteiger partial charge in [-0.1, -0.05) is 36.4 Å². The Morgan fingerprint density at radius 3 is 2.50 bits per heavy atom. The zero-order valence-electron chi connectivity index (χ0n) is 17.8. The van der Waals surface area contributed by atoms with Gasteiger partial charge in [0.25, 0.3) is 5.91 Å². The molecular formula is C26H24N2O4. The SMILES string of the molecule is Cc1ccc2c(c1)NC(=O)c1cc(NC(=O)C3(c4ccccc4)CCOCC3)ccc1O2. The normalized spacial score (nSPS) is 16.6. The lowest BCUT2D eigenvalue weighted by Gasteiger charge is -2.36. The number of nitrogens with one attached hydrogen (secondary N) is 2. The summed E-state index contributed by atoms with van der Waals surface area (Å²) in [4.78, 5) is 26.4. The van der Waals surface area contributed by atoms with Gasteiger partial charge in [0.2, 0.25) is 5.91 Å². The van der Waals surface area contributed by atoms with E-state index in [1.165, 1.54) is 0 Å². The Labute approximate surface area is 186 Å². The summed E-state index contributed by atoms with van der Waals surface area (Å²) >= 11 is 0. The van der Waals surface area contributed by atoms with Crippen LogP contribution >= 0.6 is 0 Å². The Bertz CT molecular complexity index is 1180. The molecule has 0 atom stereocenters. The summed E-state index contributed by atoms with van der Waals surface area (Å²) in [5, 5.41) is 5.95. The van der Waals surface area contributed by atoms with Crippen LogP contribution in [0, 0.1) is 6.92 Å². The third-order valence-corrected chi connectivity index (χ3v) is 6.19. The van der Waals surface area contributed by atoms with Crippen LogP contribution < -0.4 is 15.4 Å². The first kappa shape index (κ1) is 20.3. The Balaban J connectivity index is 1.44. The first-order chi connectivity index (χ1) is 15.5. The number of aryl methyl sites for hydroxylation is 1. The van der Waals surface area contributed by atoms with Gasteiger partial charge < -0.3 is 20.1 Å². The first-order valence-corrected chi connectivity index (χ1v) is 10.7. The summed E-state index contributed by atoms with van der Waals surface area (Å²) in [7, 11) is 0. The van der Waals surface area contributed by atoms with Crippen molar-refractivity contribution in [3.63, 3.8) is 0 Å². The molecule has 2 heterocycles. The smallest absolute Gasteiger partial charge is 0.259 e. The molecule has 0 aromatic heterocycles. The third kappa shape index (κ3) is 3.63. The number of benzene rings is 3. The predicted octanol–water partition coefficient (Wildman–Crippen LogP) is 5.04. The van der Waals surface area contributed by atoms with Crippen molar-refractivity contribution in [1.29, 1.82) is 0 Å². The Hall–Kier alpha value is -3.64. The molecule has 0 unspecified atom stereocenters. The average molecular weight is 428 g/mol. The van der Waals surface area contributed by atoms with Crippen molar-refractivity contribution in [3.8, 4) is 11.5 Å². The average Bonchev–Trinajstić information content (AvgIpc) is 2.95. The fourth-order valence-electron chi connectivity index (χ4n) is 4.39. The molecular weight excluding hydrogens is 404 g/mol. The minimum absolute atomic E-state index is 0.0965. The number of carbonyl (C=O) groups is 2. The molecule has 5 rings (SSSR count). The van der Waals surface area contributed by atoms with Gasteiger partial charge in [0.15, 0.2) is 5.75 Å². The quantitative estimate of drug-likeness (QED) is 0.613. The molecule has 1 fully saturated rings. The third-order valence-electron chi connectivity index (χ3n) is 6.19. The summed E-state index contributed by atoms with van der Waals surface area (Å²) in [5.74, 6) is 0.668. The van der Waals surface area contributed by atoms with Crippen LogP contribution in [0.5, 0.6) is 11.5 Å². The highest BCUT2D eigenvalue weighted by Gasteiger charge is 2.41. The highest BCUT2D eigenvalue weighted by Crippen LogP contribution is 2.39. The van der Waals surface area contributed by atoms with Crippen molar-refractivity contribution in [2.75, 3.05) is 23.8 Å². The second-order valence-corrected chi connectivity index (χ2v) is 8.28. The maximum atomic E-state index is 13.5. The standard InChI is InChI=1S/C26H24N2O4/c1-17-7-9-23-21(15-17)28-24(29)20-16-19(8-10-22(20)32-23)27-25(30)26(11-13-31-14-12-26)18-5-3-2-4-6-18/h2-10,15-16H,11-14H2,1H3,(H,27,30)(H,28,29). The molecule has 0 bridgehead atoms. The Morgan fingerprint density at radius 2 is 1.72 bits per heavy atom. The lowest BCUT2D eigenvalue weighted by molar-refractivity contribution is -0.125. The van der Waals surface area contributed by atoms with Crippen LogP contribution in [0.1, 0.15) is 34.3 Å². The van der Waals surface area contributed by atoms with Crippen molar-refractivity contribution < 1.29 is 19.1 Å². The molecule has 2 N–H and O–H groups in total. The summed E-state index contributed by atoms with van der Waals surface area (Å²) in [6, 6.07) is 20.6. The summed E-state index contributed by atoms with van der Waals surface area (Å²) in [6.45, 7) is 3.01. The van der Waals surface area contributed by atoms with E-state index in [4.69, 9.17) is 9.47 Å². The fraction of sp³-hybridized carbons (Fsp3) is 0.231. The molecule has 1 saturated heterocycles. The van der Waals surface area contributed by atoms with Crippen LogP contribution in [0.2, 0.25) is 0 Å². The number of rotatable bonds is 3. The molecule has 0 aliphatic carbocycles. The van der Waals surface area contributed by atoms with E-state index in [1.807, 2.05) is 55.5 Å². The van der Waals surface area contributed by atoms with Gasteiger partial charge in [0.05, 0.1) is 16.7 Å². The lowest BCUT2D eigenvalue weighted by atomic mass is 9.73. The maximum absolute atomic E-state index is 13.5. The molecule has 162 valence electrons. The zero-order valence-corrected chi connectivity index (χ0v) is 17.8. The maximum Gasteiger partial charge on any atom is 0.259 e. The number of ether oxygens (including phenoxy) is 2. The number of fused-ring (bicyclic) bond motifs is 2. The van der Waals surface area contributed by atoms with Crippen molar-refractivity contribution in [2.24, 2.45) is 0 Å². The van der Waals surface area contributed by atoms with E-state index < -0.39 is 5.41 Å². The molecule has 0 spiro atoms. The van der Waals surface area contributed by atoms with Gasteiger partial charge in [-0.15, -0.1) is 0 Å². The van der Waals surface area contributed by atoms with Crippen LogP contribution in [0.15, 0.2) is 66.7 Å². The van der Waals surface area contributed by atoms with E-state index in [0.717, 1.165) is 11.1 Å². The van der Waals surface area contributed by atoms with Crippen LogP contribution in [0.3, 0.4) is 0 Å². The fourth-order valence-corrected chi connectivity index (χ4v) is 4.39. The monoisotopic (exact) mass is 428 g/mol. The number of hydrogen-bond donors (Lipinski definition) is 2. The van der Waals surface area contributed by atoms with E-state index in [-0.39, 0.29) is 11.8 Å². The van der Waals surface area contributed by atoms with Gasteiger partial charge in [0.1, 0.15) is 5.75 Å². The molecule has 2 amide bonds. The van der Waals surface area contributed by atoms with Gasteiger partial charge in [-0.25, -0.2) is 0 Å². The second-order valence-electron chi connectivity index (χ2n) is 8.28. The highest BCUT2D eigenvalue weighted by molar-refractivity contribution is 6.09. The zero-order chi connectivity index (χ0) is 22.1. The molecule has 0 saturated carbocycles. The van der Waals surface area contributed by atoms with Crippen LogP contribution in [-0.2, 0) is 14.9 Å². The van der Waals surface area contributed by atoms with Crippen LogP contribution in [-0.4, -0.2) is 25.0 Å². The topological polar surface area (TPSA) is 76.7 Å². The molecule has 3 aromatic carbocycles. The Morgan fingerprint density at radius 1 is 0.969 bits per heavy atom. The number of carbonyl (C=O) groups excluding carboxylic acids is 2. The second kappa shape index (κ2) is 8.13. The highest BCUT2D eigenvalue weighted by atomic mass is 16.5. The molecule has 2 aliphatic heterocycles. The molecule has 2 aliphatic rings. The van der Waals surface area contributed by atoms with Crippen LogP contribution in [0.25, 0.3) is 0 Å². The molecule has 3 aromatic rings. The molecule has 32 heavy (non-hydrogen) atoms. The van der Waals surface area contributed by atoms with Gasteiger partial charge in [0, 0.05) is 18.9 Å². The van der Waals surface area contributed by atoms with Gasteiger partial charge in [-0.2, -0.15) is 0 Å². The number of hydrogen-bond acceptors (Lipinski definition) is 4. The Kier molecular flexibility index (Phi) is 5.15. The van der Waals surface area contributed by atoms with Crippen molar-refractivity contribution >= 4 is 23.2 Å². The number of anilines is 2. The number of amides is 2. The van der Waals surface area contributed by atoms with Crippen molar-refractivity contribution in [2.45, 2.75) is 25.2 Å². The van der Waals surface area contributed by atoms with E-state index >= 15 is 0 Å². The van der Waals surface area contributed by atoms with E-state index in [9.17, 15) is 9.59 Å². The molecule has 6 nitrogen and oxygen atoms in total. The van der Waals surface area contributed by atoms with Crippen molar-refractivity contribution in [3.05, 3.63) is 83.4 Å². The minimum atomic E-state index is -0.668. The largest absolute Gasteiger partial charge is 0.454 e. The summed E-state index contributed by atoms with van der Waals surface area (Å²) < 4.78 is 11.5. The van der Waals surface area contributed by atoms with E-state index in [1.54, 1.807) is 18.2 Å². The van der Waals surface area contributed by atoms with E-state index in [2.05, 4.69) is 10.6 Å². The lowest BCUT2D eigenvalue weighted by Crippen LogP contribution is -2.44. The predicted molar refractivity (Wildman–Crippen MR) is 122 cm³/mol. The molecule has 6 heteroatoms. The van der Waals surface area contributed by atoms with E-state index in [0.29, 0.717) is 54.5 Å². The van der Waals surface area contributed by atoms with Gasteiger partial charge in [-0.05, 0) is 61.2 Å². The van der Waals surface area contributed by atoms with Gasteiger partial charge in [-0.3, -0.25) is 9.59 Å². The summed E-state index contributed by atoms with van der Waals surface area (Å²) in [5.41, 5.74) is 2.88. The van der Waals surface area contributed by atoms with Gasteiger partial charge >= 0.3 is 0 Å². The summed E-state index contributed by atoms with van der Waals surface area (Å²) in [6.07, 6.45) is 1.21. The first-order valence-electron chi connectivity index (χ1n) is 10.7. The van der Waals surface area contributed by atoms with Crippen LogP contribution in [0.4, 0.5) is 11.4 Å².